The topological polar surface area (TPSA) is 111 Å². The van der Waals surface area contributed by atoms with Crippen molar-refractivity contribution in [3.63, 3.8) is 0 Å². The maximum atomic E-state index is 12.3. The van der Waals surface area contributed by atoms with Gasteiger partial charge in [0.15, 0.2) is 0 Å². The molecule has 7 heteroatoms. The van der Waals surface area contributed by atoms with E-state index < -0.39 is 6.10 Å². The van der Waals surface area contributed by atoms with Crippen molar-refractivity contribution in [3.05, 3.63) is 53.9 Å². The lowest BCUT2D eigenvalue weighted by molar-refractivity contribution is 0.0853. The van der Waals surface area contributed by atoms with Gasteiger partial charge in [0, 0.05) is 42.2 Å². The summed E-state index contributed by atoms with van der Waals surface area (Å²) < 4.78 is 5.18. The Bertz CT molecular complexity index is 808. The van der Waals surface area contributed by atoms with Gasteiger partial charge >= 0.3 is 0 Å². The molecule has 0 radical (unpaired) electrons. The standard InChI is InChI=1S/C20H24N4O3/c1-13(25)16(10-21)12-22-11-14-7-17(8-14)23-20(26)19-9-18(24-27-19)15-5-3-2-4-6-15/h2-6,9-10,12-14,17,21-22,25H,7-8,11H2,1H3,(H,23,26)/b16-12+,21-10?. The van der Waals surface area contributed by atoms with Crippen molar-refractivity contribution in [2.45, 2.75) is 31.9 Å². The van der Waals surface area contributed by atoms with Crippen LogP contribution in [0.1, 0.15) is 30.3 Å². The Balaban J connectivity index is 1.43. The average molecular weight is 368 g/mol. The molecule has 2 aromatic rings. The summed E-state index contributed by atoms with van der Waals surface area (Å²) in [6.07, 6.45) is 3.90. The molecule has 1 saturated carbocycles. The zero-order valence-corrected chi connectivity index (χ0v) is 15.2. The maximum Gasteiger partial charge on any atom is 0.290 e. The third kappa shape index (κ3) is 4.83. The second-order valence-corrected chi connectivity index (χ2v) is 6.82. The number of hydrogen-bond donors (Lipinski definition) is 4. The molecule has 1 amide bonds. The fourth-order valence-corrected chi connectivity index (χ4v) is 3.03. The van der Waals surface area contributed by atoms with Crippen molar-refractivity contribution >= 4 is 12.1 Å². The highest BCUT2D eigenvalue weighted by Crippen LogP contribution is 2.27. The summed E-state index contributed by atoms with van der Waals surface area (Å²) in [7, 11) is 0. The molecule has 1 aliphatic carbocycles. The molecular formula is C20H24N4O3. The van der Waals surface area contributed by atoms with E-state index >= 15 is 0 Å². The van der Waals surface area contributed by atoms with Crippen LogP contribution in [-0.4, -0.2) is 41.1 Å². The minimum atomic E-state index is -0.661. The second kappa shape index (κ2) is 8.64. The Kier molecular flexibility index (Phi) is 6.03. The number of aliphatic hydroxyl groups is 1. The fraction of sp³-hybridized carbons (Fsp3) is 0.350. The maximum absolute atomic E-state index is 12.3. The van der Waals surface area contributed by atoms with Crippen LogP contribution in [0.25, 0.3) is 11.3 Å². The van der Waals surface area contributed by atoms with Gasteiger partial charge in [-0.3, -0.25) is 4.79 Å². The summed E-state index contributed by atoms with van der Waals surface area (Å²) >= 11 is 0. The first-order chi connectivity index (χ1) is 13.1. The van der Waals surface area contributed by atoms with Gasteiger partial charge in [-0.2, -0.15) is 0 Å². The summed E-state index contributed by atoms with van der Waals surface area (Å²) in [5.74, 6) is 0.411. The van der Waals surface area contributed by atoms with Crippen LogP contribution in [0.4, 0.5) is 0 Å². The first-order valence-electron chi connectivity index (χ1n) is 9.01. The molecule has 0 bridgehead atoms. The predicted octanol–water partition coefficient (Wildman–Crippen LogP) is 2.35. The summed E-state index contributed by atoms with van der Waals surface area (Å²) in [6.45, 7) is 2.37. The minimum absolute atomic E-state index is 0.123. The number of hydrogen-bond acceptors (Lipinski definition) is 6. The molecule has 4 N–H and O–H groups in total. The summed E-state index contributed by atoms with van der Waals surface area (Å²) in [4.78, 5) is 12.3. The SMILES string of the molecule is CC(O)/C(C=N)=C/NCC1CC(NC(=O)c2cc(-c3ccccc3)no2)C1. The molecule has 1 aromatic heterocycles. The third-order valence-electron chi connectivity index (χ3n) is 4.70. The van der Waals surface area contributed by atoms with E-state index in [4.69, 9.17) is 9.93 Å². The monoisotopic (exact) mass is 368 g/mol. The molecule has 1 atom stereocenters. The summed E-state index contributed by atoms with van der Waals surface area (Å²) in [5.41, 5.74) is 2.09. The van der Waals surface area contributed by atoms with E-state index in [1.54, 1.807) is 19.2 Å². The van der Waals surface area contributed by atoms with Gasteiger partial charge in [-0.1, -0.05) is 35.5 Å². The minimum Gasteiger partial charge on any atom is -0.390 e. The molecule has 1 unspecified atom stereocenters. The Hall–Kier alpha value is -2.93. The van der Waals surface area contributed by atoms with Crippen LogP contribution >= 0.6 is 0 Å². The number of nitrogens with one attached hydrogen (secondary N) is 3. The zero-order chi connectivity index (χ0) is 19.2. The molecular weight excluding hydrogens is 344 g/mol. The second-order valence-electron chi connectivity index (χ2n) is 6.82. The smallest absolute Gasteiger partial charge is 0.290 e. The van der Waals surface area contributed by atoms with Gasteiger partial charge in [-0.05, 0) is 25.7 Å². The van der Waals surface area contributed by atoms with Gasteiger partial charge in [0.1, 0.15) is 5.69 Å². The van der Waals surface area contributed by atoms with Crippen molar-refractivity contribution in [1.29, 1.82) is 5.41 Å². The Labute approximate surface area is 158 Å². The molecule has 0 aliphatic heterocycles. The molecule has 0 spiro atoms. The van der Waals surface area contributed by atoms with E-state index in [9.17, 15) is 9.90 Å². The number of nitrogens with zero attached hydrogens (tertiary/aromatic N) is 1. The summed E-state index contributed by atoms with van der Waals surface area (Å²) in [6, 6.07) is 11.4. The number of benzene rings is 1. The molecule has 1 aromatic carbocycles. The zero-order valence-electron chi connectivity index (χ0n) is 15.2. The lowest BCUT2D eigenvalue weighted by atomic mass is 9.80. The largest absolute Gasteiger partial charge is 0.390 e. The van der Waals surface area contributed by atoms with Gasteiger partial charge in [0.2, 0.25) is 5.76 Å². The number of carbonyl (C=O) groups is 1. The van der Waals surface area contributed by atoms with E-state index in [1.165, 1.54) is 0 Å². The first-order valence-corrected chi connectivity index (χ1v) is 9.01. The molecule has 3 rings (SSSR count). The Morgan fingerprint density at radius 3 is 2.81 bits per heavy atom. The van der Waals surface area contributed by atoms with Gasteiger partial charge in [0.25, 0.3) is 5.91 Å². The van der Waals surface area contributed by atoms with Gasteiger partial charge in [-0.25, -0.2) is 0 Å². The van der Waals surface area contributed by atoms with Crippen LogP contribution in [0.2, 0.25) is 0 Å². The van der Waals surface area contributed by atoms with Crippen LogP contribution in [0.15, 0.2) is 52.7 Å². The number of carbonyl (C=O) groups excluding carboxylic acids is 1. The van der Waals surface area contributed by atoms with Crippen LogP contribution in [-0.2, 0) is 0 Å². The van der Waals surface area contributed by atoms with Crippen LogP contribution in [0.5, 0.6) is 0 Å². The van der Waals surface area contributed by atoms with Crippen LogP contribution in [0.3, 0.4) is 0 Å². The van der Waals surface area contributed by atoms with Gasteiger partial charge in [-0.15, -0.1) is 0 Å². The summed E-state index contributed by atoms with van der Waals surface area (Å²) in [5, 5.41) is 26.7. The molecule has 1 heterocycles. The number of aliphatic hydroxyl groups excluding tert-OH is 1. The van der Waals surface area contributed by atoms with E-state index in [0.29, 0.717) is 17.2 Å². The predicted molar refractivity (Wildman–Crippen MR) is 102 cm³/mol. The highest BCUT2D eigenvalue weighted by atomic mass is 16.5. The van der Waals surface area contributed by atoms with Crippen molar-refractivity contribution in [2.75, 3.05) is 6.54 Å². The normalized spacial score (nSPS) is 20.4. The number of rotatable bonds is 8. The van der Waals surface area contributed by atoms with Gasteiger partial charge in [0.05, 0.1) is 6.10 Å². The quantitative estimate of drug-likeness (QED) is 0.535. The average Bonchev–Trinajstić information content (AvgIpc) is 3.13. The molecule has 0 saturated heterocycles. The Morgan fingerprint density at radius 2 is 2.15 bits per heavy atom. The van der Waals surface area contributed by atoms with Crippen LogP contribution < -0.4 is 10.6 Å². The van der Waals surface area contributed by atoms with E-state index in [-0.39, 0.29) is 17.7 Å². The lowest BCUT2D eigenvalue weighted by Crippen LogP contribution is -2.46. The van der Waals surface area contributed by atoms with E-state index in [2.05, 4.69) is 15.8 Å². The van der Waals surface area contributed by atoms with E-state index in [0.717, 1.165) is 31.2 Å². The molecule has 1 aliphatic rings. The first kappa shape index (κ1) is 18.8. The van der Waals surface area contributed by atoms with E-state index in [1.807, 2.05) is 30.3 Å². The molecule has 142 valence electrons. The van der Waals surface area contributed by atoms with Gasteiger partial charge < -0.3 is 25.7 Å². The molecule has 7 nitrogen and oxygen atoms in total. The highest BCUT2D eigenvalue weighted by molar-refractivity contribution is 5.92. The van der Waals surface area contributed by atoms with Crippen molar-refractivity contribution in [1.82, 2.24) is 15.8 Å². The number of amides is 1. The van der Waals surface area contributed by atoms with Crippen molar-refractivity contribution < 1.29 is 14.4 Å². The van der Waals surface area contributed by atoms with Crippen LogP contribution in [0, 0.1) is 11.3 Å². The van der Waals surface area contributed by atoms with Crippen molar-refractivity contribution in [3.8, 4) is 11.3 Å². The Morgan fingerprint density at radius 1 is 1.41 bits per heavy atom. The number of aromatic nitrogens is 1. The third-order valence-corrected chi connectivity index (χ3v) is 4.70. The molecule has 27 heavy (non-hydrogen) atoms. The van der Waals surface area contributed by atoms with Crippen molar-refractivity contribution in [2.24, 2.45) is 5.92 Å². The highest BCUT2D eigenvalue weighted by Gasteiger charge is 2.31. The lowest BCUT2D eigenvalue weighted by Gasteiger charge is -2.35. The fourth-order valence-electron chi connectivity index (χ4n) is 3.03. The molecule has 1 fully saturated rings.